The molecule has 0 amide bonds. The van der Waals surface area contributed by atoms with Gasteiger partial charge in [-0.1, -0.05) is 0 Å². The molecule has 2 heterocycles. The molecule has 3 rings (SSSR count). The number of ether oxygens (including phenoxy) is 2. The molecule has 3 aromatic rings. The molecule has 2 aromatic heterocycles. The summed E-state index contributed by atoms with van der Waals surface area (Å²) in [7, 11) is 0. The Balaban J connectivity index is 1.88. The Morgan fingerprint density at radius 3 is 2.60 bits per heavy atom. The first-order chi connectivity index (χ1) is 12.2. The maximum Gasteiger partial charge on any atom is 0.163 e. The highest BCUT2D eigenvalue weighted by molar-refractivity contribution is 5.93. The number of rotatable bonds is 8. The van der Waals surface area contributed by atoms with Crippen LogP contribution in [0.4, 0.5) is 5.69 Å². The van der Waals surface area contributed by atoms with Gasteiger partial charge in [0.25, 0.3) is 0 Å². The number of fused-ring (bicyclic) bond motifs is 1. The zero-order valence-electron chi connectivity index (χ0n) is 14.4. The highest BCUT2D eigenvalue weighted by Gasteiger charge is 2.13. The van der Waals surface area contributed by atoms with Crippen LogP contribution >= 0.6 is 0 Å². The Morgan fingerprint density at radius 1 is 1.16 bits per heavy atom. The third kappa shape index (κ3) is 3.85. The van der Waals surface area contributed by atoms with Crippen molar-refractivity contribution < 1.29 is 19.0 Å². The molecule has 0 saturated carbocycles. The number of nitrogens with zero attached hydrogens (tertiary/aromatic N) is 1. The molecule has 0 radical (unpaired) electrons. The van der Waals surface area contributed by atoms with Crippen LogP contribution in [0.1, 0.15) is 25.7 Å². The van der Waals surface area contributed by atoms with E-state index in [9.17, 15) is 5.11 Å². The second-order valence-electron chi connectivity index (χ2n) is 5.45. The van der Waals surface area contributed by atoms with Crippen LogP contribution in [0.5, 0.6) is 11.5 Å². The van der Waals surface area contributed by atoms with Gasteiger partial charge in [0.2, 0.25) is 0 Å². The molecule has 0 spiro atoms. The molecule has 0 saturated heterocycles. The van der Waals surface area contributed by atoms with E-state index in [1.54, 1.807) is 24.6 Å². The molecule has 1 atom stereocenters. The summed E-state index contributed by atoms with van der Waals surface area (Å²) in [5.41, 5.74) is 1.66. The molecule has 6 nitrogen and oxygen atoms in total. The van der Waals surface area contributed by atoms with Crippen LogP contribution in [-0.2, 0) is 0 Å². The van der Waals surface area contributed by atoms with E-state index in [0.29, 0.717) is 37.0 Å². The molecule has 6 heteroatoms. The summed E-state index contributed by atoms with van der Waals surface area (Å²) in [6.07, 6.45) is 2.54. The summed E-state index contributed by atoms with van der Waals surface area (Å²) in [4.78, 5) is 4.41. The van der Waals surface area contributed by atoms with E-state index >= 15 is 0 Å². The number of hydrogen-bond donors (Lipinski definition) is 2. The number of benzene rings is 1. The van der Waals surface area contributed by atoms with Crippen molar-refractivity contribution in [2.75, 3.05) is 25.1 Å². The van der Waals surface area contributed by atoms with Gasteiger partial charge in [0, 0.05) is 29.9 Å². The van der Waals surface area contributed by atoms with Gasteiger partial charge in [0.05, 0.1) is 25.0 Å². The number of furan rings is 1. The normalized spacial score (nSPS) is 12.1. The van der Waals surface area contributed by atoms with E-state index in [2.05, 4.69) is 10.3 Å². The lowest BCUT2D eigenvalue weighted by Gasteiger charge is -2.15. The maximum absolute atomic E-state index is 10.2. The zero-order valence-corrected chi connectivity index (χ0v) is 14.4. The number of anilines is 1. The van der Waals surface area contributed by atoms with Crippen molar-refractivity contribution in [2.24, 2.45) is 0 Å². The van der Waals surface area contributed by atoms with Gasteiger partial charge in [-0.15, -0.1) is 0 Å². The lowest BCUT2D eigenvalue weighted by atomic mass is 10.1. The van der Waals surface area contributed by atoms with E-state index in [0.717, 1.165) is 16.6 Å². The lowest BCUT2D eigenvalue weighted by Crippen LogP contribution is -2.12. The van der Waals surface area contributed by atoms with Gasteiger partial charge >= 0.3 is 0 Å². The Morgan fingerprint density at radius 2 is 1.92 bits per heavy atom. The van der Waals surface area contributed by atoms with Gasteiger partial charge in [0.15, 0.2) is 11.5 Å². The van der Waals surface area contributed by atoms with Crippen molar-refractivity contribution >= 4 is 16.6 Å². The quantitative estimate of drug-likeness (QED) is 0.649. The molecule has 0 unspecified atom stereocenters. The van der Waals surface area contributed by atoms with Crippen LogP contribution in [0.15, 0.2) is 47.2 Å². The highest BCUT2D eigenvalue weighted by atomic mass is 16.5. The van der Waals surface area contributed by atoms with Gasteiger partial charge in [-0.3, -0.25) is 4.98 Å². The second-order valence-corrected chi connectivity index (χ2v) is 5.45. The molecule has 0 fully saturated rings. The largest absolute Gasteiger partial charge is 0.490 e. The van der Waals surface area contributed by atoms with Crippen molar-refractivity contribution in [2.45, 2.75) is 20.0 Å². The summed E-state index contributed by atoms with van der Waals surface area (Å²) in [6.45, 7) is 5.29. The van der Waals surface area contributed by atoms with Crippen molar-refractivity contribution in [3.63, 3.8) is 0 Å². The predicted molar refractivity (Wildman–Crippen MR) is 96.2 cm³/mol. The summed E-state index contributed by atoms with van der Waals surface area (Å²) < 4.78 is 16.6. The van der Waals surface area contributed by atoms with Crippen molar-refractivity contribution in [1.29, 1.82) is 0 Å². The van der Waals surface area contributed by atoms with Crippen LogP contribution in [-0.4, -0.2) is 29.8 Å². The molecule has 0 aliphatic carbocycles. The number of aliphatic hydroxyl groups excluding tert-OH is 1. The molecule has 1 aromatic carbocycles. The summed E-state index contributed by atoms with van der Waals surface area (Å²) in [6, 6.07) is 9.16. The van der Waals surface area contributed by atoms with E-state index in [4.69, 9.17) is 13.9 Å². The number of hydrogen-bond acceptors (Lipinski definition) is 6. The SMILES string of the molecule is CCOc1cc2nccc(NC[C@H](O)c3ccco3)c2cc1OCC. The molecular weight excluding hydrogens is 320 g/mol. The number of pyridine rings is 1. The fourth-order valence-electron chi connectivity index (χ4n) is 2.63. The van der Waals surface area contributed by atoms with E-state index < -0.39 is 6.10 Å². The zero-order chi connectivity index (χ0) is 17.6. The van der Waals surface area contributed by atoms with E-state index in [1.807, 2.05) is 32.0 Å². The summed E-state index contributed by atoms with van der Waals surface area (Å²) in [5.74, 6) is 1.89. The van der Waals surface area contributed by atoms with Gasteiger partial charge in [0.1, 0.15) is 11.9 Å². The molecular formula is C19H22N2O4. The minimum atomic E-state index is -0.729. The van der Waals surface area contributed by atoms with Crippen LogP contribution in [0.2, 0.25) is 0 Å². The average Bonchev–Trinajstić information content (AvgIpc) is 3.15. The minimum Gasteiger partial charge on any atom is -0.490 e. The Labute approximate surface area is 146 Å². The van der Waals surface area contributed by atoms with Crippen LogP contribution in [0.25, 0.3) is 10.9 Å². The molecule has 0 aliphatic rings. The topological polar surface area (TPSA) is 76.8 Å². The highest BCUT2D eigenvalue weighted by Crippen LogP contribution is 2.35. The second kappa shape index (κ2) is 7.90. The smallest absolute Gasteiger partial charge is 0.163 e. The number of aliphatic hydroxyl groups is 1. The van der Waals surface area contributed by atoms with Crippen molar-refractivity contribution in [1.82, 2.24) is 4.98 Å². The summed E-state index contributed by atoms with van der Waals surface area (Å²) >= 11 is 0. The predicted octanol–water partition coefficient (Wildman–Crippen LogP) is 3.77. The van der Waals surface area contributed by atoms with E-state index in [1.165, 1.54) is 0 Å². The van der Waals surface area contributed by atoms with Crippen LogP contribution in [0, 0.1) is 0 Å². The van der Waals surface area contributed by atoms with E-state index in [-0.39, 0.29) is 0 Å². The first-order valence-electron chi connectivity index (χ1n) is 8.36. The summed E-state index contributed by atoms with van der Waals surface area (Å²) in [5, 5.41) is 14.3. The van der Waals surface area contributed by atoms with Gasteiger partial charge in [-0.2, -0.15) is 0 Å². The third-order valence-electron chi connectivity index (χ3n) is 3.76. The monoisotopic (exact) mass is 342 g/mol. The number of nitrogens with one attached hydrogen (secondary N) is 1. The molecule has 2 N–H and O–H groups in total. The molecule has 25 heavy (non-hydrogen) atoms. The average molecular weight is 342 g/mol. The Hall–Kier alpha value is -2.73. The Bertz CT molecular complexity index is 818. The first kappa shape index (κ1) is 17.1. The fourth-order valence-corrected chi connectivity index (χ4v) is 2.63. The maximum atomic E-state index is 10.2. The standard InChI is InChI=1S/C19H22N2O4/c1-3-23-18-10-13-14(21-12-16(22)17-6-5-9-25-17)7-8-20-15(13)11-19(18)24-4-2/h5-11,16,22H,3-4,12H2,1-2H3,(H,20,21)/t16-/m0/s1. The molecule has 0 aliphatic heterocycles. The van der Waals surface area contributed by atoms with Crippen molar-refractivity contribution in [3.05, 3.63) is 48.6 Å². The Kier molecular flexibility index (Phi) is 5.40. The van der Waals surface area contributed by atoms with Gasteiger partial charge in [-0.25, -0.2) is 0 Å². The lowest BCUT2D eigenvalue weighted by molar-refractivity contribution is 0.162. The van der Waals surface area contributed by atoms with Crippen molar-refractivity contribution in [3.8, 4) is 11.5 Å². The molecule has 132 valence electrons. The minimum absolute atomic E-state index is 0.323. The van der Waals surface area contributed by atoms with Gasteiger partial charge in [-0.05, 0) is 38.1 Å². The fraction of sp³-hybridized carbons (Fsp3) is 0.316. The number of aromatic nitrogens is 1. The van der Waals surface area contributed by atoms with Crippen LogP contribution in [0.3, 0.4) is 0 Å². The third-order valence-corrected chi connectivity index (χ3v) is 3.76. The van der Waals surface area contributed by atoms with Crippen LogP contribution < -0.4 is 14.8 Å². The first-order valence-corrected chi connectivity index (χ1v) is 8.36. The molecule has 0 bridgehead atoms. The van der Waals surface area contributed by atoms with Gasteiger partial charge < -0.3 is 24.3 Å².